The standard InChI is InChI=1S/C13H12N4O2S/c1-2-11-12(20-17-16-11)13(18)15-9-4-3-5-10(8-9)19-7-6-14/h3-5,8H,2,7H2,1H3,(H,15,18). The molecule has 0 bridgehead atoms. The van der Waals surface area contributed by atoms with E-state index in [0.29, 0.717) is 28.4 Å². The predicted octanol–water partition coefficient (Wildman–Crippen LogP) is 2.26. The van der Waals surface area contributed by atoms with Gasteiger partial charge in [-0.1, -0.05) is 17.5 Å². The number of hydrogen-bond acceptors (Lipinski definition) is 6. The number of ether oxygens (including phenoxy) is 1. The summed E-state index contributed by atoms with van der Waals surface area (Å²) in [7, 11) is 0. The van der Waals surface area contributed by atoms with Crippen molar-refractivity contribution in [3.63, 3.8) is 0 Å². The van der Waals surface area contributed by atoms with Crippen molar-refractivity contribution in [2.45, 2.75) is 13.3 Å². The molecule has 1 N–H and O–H groups in total. The molecule has 0 aliphatic heterocycles. The maximum absolute atomic E-state index is 12.1. The number of aromatic nitrogens is 2. The fourth-order valence-electron chi connectivity index (χ4n) is 1.58. The van der Waals surface area contributed by atoms with Gasteiger partial charge in [0.05, 0.1) is 5.69 Å². The second-order valence-electron chi connectivity index (χ2n) is 3.83. The van der Waals surface area contributed by atoms with Crippen molar-refractivity contribution >= 4 is 23.1 Å². The smallest absolute Gasteiger partial charge is 0.269 e. The van der Waals surface area contributed by atoms with Gasteiger partial charge < -0.3 is 10.1 Å². The summed E-state index contributed by atoms with van der Waals surface area (Å²) in [5, 5.41) is 15.1. The van der Waals surface area contributed by atoms with Crippen molar-refractivity contribution in [1.82, 2.24) is 9.59 Å². The second-order valence-corrected chi connectivity index (χ2v) is 4.59. The van der Waals surface area contributed by atoms with E-state index in [1.807, 2.05) is 13.0 Å². The Morgan fingerprint density at radius 3 is 3.15 bits per heavy atom. The van der Waals surface area contributed by atoms with Crippen LogP contribution in [0.1, 0.15) is 22.3 Å². The second kappa shape index (κ2) is 6.63. The van der Waals surface area contributed by atoms with Crippen LogP contribution in [0.25, 0.3) is 0 Å². The van der Waals surface area contributed by atoms with Gasteiger partial charge in [-0.15, -0.1) is 5.10 Å². The quantitative estimate of drug-likeness (QED) is 0.911. The SMILES string of the molecule is CCc1nnsc1C(=O)Nc1cccc(OCC#N)c1. The van der Waals surface area contributed by atoms with Crippen LogP contribution in [-0.4, -0.2) is 22.1 Å². The van der Waals surface area contributed by atoms with E-state index in [0.717, 1.165) is 11.5 Å². The number of rotatable bonds is 5. The average molecular weight is 288 g/mol. The molecule has 0 aliphatic rings. The van der Waals surface area contributed by atoms with Crippen molar-refractivity contribution in [3.8, 4) is 11.8 Å². The van der Waals surface area contributed by atoms with E-state index in [4.69, 9.17) is 10.00 Å². The van der Waals surface area contributed by atoms with Gasteiger partial charge in [0, 0.05) is 11.8 Å². The number of aryl methyl sites for hydroxylation is 1. The number of carbonyl (C=O) groups excluding carboxylic acids is 1. The van der Waals surface area contributed by atoms with Gasteiger partial charge in [0.1, 0.15) is 16.7 Å². The first-order chi connectivity index (χ1) is 9.74. The summed E-state index contributed by atoms with van der Waals surface area (Å²) in [6.45, 7) is 1.89. The number of benzene rings is 1. The van der Waals surface area contributed by atoms with E-state index in [9.17, 15) is 4.79 Å². The highest BCUT2D eigenvalue weighted by Gasteiger charge is 2.15. The molecule has 0 saturated heterocycles. The minimum atomic E-state index is -0.241. The third kappa shape index (κ3) is 3.30. The summed E-state index contributed by atoms with van der Waals surface area (Å²) < 4.78 is 8.96. The fraction of sp³-hybridized carbons (Fsp3) is 0.231. The van der Waals surface area contributed by atoms with Crippen LogP contribution in [0.15, 0.2) is 24.3 Å². The van der Waals surface area contributed by atoms with Crippen molar-refractivity contribution in [3.05, 3.63) is 34.8 Å². The number of nitriles is 1. The van der Waals surface area contributed by atoms with Gasteiger partial charge in [0.2, 0.25) is 0 Å². The Balaban J connectivity index is 2.10. The van der Waals surface area contributed by atoms with Crippen LogP contribution in [0, 0.1) is 11.3 Å². The highest BCUT2D eigenvalue weighted by molar-refractivity contribution is 7.08. The topological polar surface area (TPSA) is 87.9 Å². The Morgan fingerprint density at radius 1 is 1.55 bits per heavy atom. The number of nitrogens with zero attached hydrogens (tertiary/aromatic N) is 3. The van der Waals surface area contributed by atoms with Crippen LogP contribution >= 0.6 is 11.5 Å². The summed E-state index contributed by atoms with van der Waals surface area (Å²) in [4.78, 5) is 12.6. The molecule has 2 rings (SSSR count). The van der Waals surface area contributed by atoms with Gasteiger partial charge in [-0.25, -0.2) is 0 Å². The third-order valence-corrected chi connectivity index (χ3v) is 3.26. The molecular formula is C13H12N4O2S. The zero-order valence-corrected chi connectivity index (χ0v) is 11.6. The largest absolute Gasteiger partial charge is 0.479 e. The van der Waals surface area contributed by atoms with E-state index in [2.05, 4.69) is 14.9 Å². The molecule has 0 radical (unpaired) electrons. The number of carbonyl (C=O) groups is 1. The van der Waals surface area contributed by atoms with E-state index >= 15 is 0 Å². The molecule has 20 heavy (non-hydrogen) atoms. The Bertz CT molecular complexity index is 648. The fourth-order valence-corrected chi connectivity index (χ4v) is 2.23. The zero-order valence-electron chi connectivity index (χ0n) is 10.8. The van der Waals surface area contributed by atoms with Gasteiger partial charge in [-0.2, -0.15) is 5.26 Å². The molecule has 1 heterocycles. The van der Waals surface area contributed by atoms with E-state index in [1.165, 1.54) is 0 Å². The lowest BCUT2D eigenvalue weighted by atomic mass is 10.2. The minimum absolute atomic E-state index is 0.0316. The van der Waals surface area contributed by atoms with Crippen LogP contribution in [0.3, 0.4) is 0 Å². The summed E-state index contributed by atoms with van der Waals surface area (Å²) in [6.07, 6.45) is 0.657. The van der Waals surface area contributed by atoms with Crippen molar-refractivity contribution < 1.29 is 9.53 Å². The van der Waals surface area contributed by atoms with Gasteiger partial charge in [0.25, 0.3) is 5.91 Å². The Labute approximate surface area is 120 Å². The Morgan fingerprint density at radius 2 is 2.40 bits per heavy atom. The number of hydrogen-bond donors (Lipinski definition) is 1. The lowest BCUT2D eigenvalue weighted by Crippen LogP contribution is -2.12. The van der Waals surface area contributed by atoms with Crippen LogP contribution in [0.5, 0.6) is 5.75 Å². The molecule has 7 heteroatoms. The third-order valence-electron chi connectivity index (χ3n) is 2.49. The number of nitrogens with one attached hydrogen (secondary N) is 1. The summed E-state index contributed by atoms with van der Waals surface area (Å²) >= 11 is 1.07. The molecular weight excluding hydrogens is 276 g/mol. The maximum atomic E-state index is 12.1. The molecule has 2 aromatic rings. The lowest BCUT2D eigenvalue weighted by molar-refractivity contribution is 0.102. The van der Waals surface area contributed by atoms with Crippen LogP contribution < -0.4 is 10.1 Å². The highest BCUT2D eigenvalue weighted by Crippen LogP contribution is 2.19. The molecule has 102 valence electrons. The summed E-state index contributed by atoms with van der Waals surface area (Å²) in [5.41, 5.74) is 1.28. The van der Waals surface area contributed by atoms with Crippen molar-refractivity contribution in [2.24, 2.45) is 0 Å². The predicted molar refractivity (Wildman–Crippen MR) is 74.8 cm³/mol. The molecule has 0 atom stereocenters. The number of amides is 1. The zero-order chi connectivity index (χ0) is 14.4. The summed E-state index contributed by atoms with van der Waals surface area (Å²) in [6, 6.07) is 8.76. The number of anilines is 1. The van der Waals surface area contributed by atoms with E-state index in [1.54, 1.807) is 24.3 Å². The van der Waals surface area contributed by atoms with Gasteiger partial charge in [-0.05, 0) is 30.1 Å². The first kappa shape index (κ1) is 14.0. The molecule has 0 spiro atoms. The first-order valence-electron chi connectivity index (χ1n) is 5.97. The Kier molecular flexibility index (Phi) is 4.63. The van der Waals surface area contributed by atoms with E-state index < -0.39 is 0 Å². The molecule has 6 nitrogen and oxygen atoms in total. The summed E-state index contributed by atoms with van der Waals surface area (Å²) in [5.74, 6) is 0.289. The molecule has 1 amide bonds. The average Bonchev–Trinajstić information content (AvgIpc) is 2.94. The van der Waals surface area contributed by atoms with Gasteiger partial charge >= 0.3 is 0 Å². The Hall–Kier alpha value is -2.46. The van der Waals surface area contributed by atoms with Gasteiger partial charge in [0.15, 0.2) is 6.61 Å². The van der Waals surface area contributed by atoms with Crippen molar-refractivity contribution in [2.75, 3.05) is 11.9 Å². The highest BCUT2D eigenvalue weighted by atomic mass is 32.1. The maximum Gasteiger partial charge on any atom is 0.269 e. The molecule has 0 fully saturated rings. The monoisotopic (exact) mass is 288 g/mol. The van der Waals surface area contributed by atoms with Crippen LogP contribution in [0.2, 0.25) is 0 Å². The first-order valence-corrected chi connectivity index (χ1v) is 6.74. The molecule has 1 aromatic carbocycles. The molecule has 0 unspecified atom stereocenters. The minimum Gasteiger partial charge on any atom is -0.479 e. The lowest BCUT2D eigenvalue weighted by Gasteiger charge is -2.06. The molecule has 0 saturated carbocycles. The molecule has 1 aromatic heterocycles. The van der Waals surface area contributed by atoms with Crippen molar-refractivity contribution in [1.29, 1.82) is 5.26 Å². The van der Waals surface area contributed by atoms with Gasteiger partial charge in [-0.3, -0.25) is 4.79 Å². The van der Waals surface area contributed by atoms with Crippen LogP contribution in [-0.2, 0) is 6.42 Å². The van der Waals surface area contributed by atoms with Crippen LogP contribution in [0.4, 0.5) is 5.69 Å². The van der Waals surface area contributed by atoms with E-state index in [-0.39, 0.29) is 12.5 Å². The molecule has 0 aliphatic carbocycles. The normalized spacial score (nSPS) is 9.80.